The van der Waals surface area contributed by atoms with E-state index in [2.05, 4.69) is 20.6 Å². The minimum atomic E-state index is -0.273. The summed E-state index contributed by atoms with van der Waals surface area (Å²) in [4.78, 5) is 33.2. The lowest BCUT2D eigenvalue weighted by molar-refractivity contribution is 0.0929. The van der Waals surface area contributed by atoms with E-state index in [0.717, 1.165) is 22.2 Å². The maximum atomic E-state index is 13.1. The van der Waals surface area contributed by atoms with Gasteiger partial charge in [-0.1, -0.05) is 0 Å². The van der Waals surface area contributed by atoms with Crippen molar-refractivity contribution in [2.24, 2.45) is 11.8 Å². The number of rotatable bonds is 4. The predicted octanol–water partition coefficient (Wildman–Crippen LogP) is 1.82. The molecule has 8 heteroatoms. The van der Waals surface area contributed by atoms with Crippen molar-refractivity contribution in [2.45, 2.75) is 12.0 Å². The second-order valence-electron chi connectivity index (χ2n) is 8.39. The van der Waals surface area contributed by atoms with Crippen molar-refractivity contribution in [3.63, 3.8) is 0 Å². The molecule has 31 heavy (non-hydrogen) atoms. The summed E-state index contributed by atoms with van der Waals surface area (Å²) in [6.07, 6.45) is 3.62. The van der Waals surface area contributed by atoms with E-state index < -0.39 is 0 Å². The van der Waals surface area contributed by atoms with Crippen molar-refractivity contribution in [1.29, 1.82) is 0 Å². The Morgan fingerprint density at radius 1 is 1.10 bits per heavy atom. The van der Waals surface area contributed by atoms with Crippen LogP contribution in [0.5, 0.6) is 5.75 Å². The Balaban J connectivity index is 1.40. The molecule has 3 atom stereocenters. The Labute approximate surface area is 178 Å². The molecule has 2 fully saturated rings. The van der Waals surface area contributed by atoms with Gasteiger partial charge in [0, 0.05) is 59.8 Å². The number of nitrogens with one attached hydrogen (secondary N) is 3. The number of ether oxygens (including phenoxy) is 2. The third kappa shape index (κ3) is 2.82. The summed E-state index contributed by atoms with van der Waals surface area (Å²) in [6.45, 7) is 1.81. The van der Waals surface area contributed by atoms with Crippen molar-refractivity contribution in [3.05, 3.63) is 58.9 Å². The Morgan fingerprint density at radius 2 is 1.94 bits per heavy atom. The first-order chi connectivity index (χ1) is 15.2. The topological polar surface area (TPSA) is 105 Å². The quantitative estimate of drug-likeness (QED) is 0.600. The van der Waals surface area contributed by atoms with Gasteiger partial charge in [0.05, 0.1) is 25.4 Å². The molecule has 1 aromatic carbocycles. The van der Waals surface area contributed by atoms with Crippen LogP contribution in [0.1, 0.15) is 37.8 Å². The predicted molar refractivity (Wildman–Crippen MR) is 112 cm³/mol. The second kappa shape index (κ2) is 6.81. The SMILES string of the molecule is CNC(=O)c1cc(C(=O)NC2C3COCC32)cc2c1OCC2c1ccnc2[nH]ccc12. The summed E-state index contributed by atoms with van der Waals surface area (Å²) in [5.41, 5.74) is 3.55. The monoisotopic (exact) mass is 418 g/mol. The summed E-state index contributed by atoms with van der Waals surface area (Å²) >= 11 is 0. The van der Waals surface area contributed by atoms with Gasteiger partial charge in [-0.05, 0) is 29.8 Å². The molecule has 1 saturated heterocycles. The number of carbonyl (C=O) groups excluding carboxylic acids is 2. The Bertz CT molecular complexity index is 1210. The number of aromatic nitrogens is 2. The average Bonchev–Trinajstić information content (AvgIpc) is 3.29. The van der Waals surface area contributed by atoms with Gasteiger partial charge in [-0.2, -0.15) is 0 Å². The molecule has 3 unspecified atom stereocenters. The smallest absolute Gasteiger partial charge is 0.254 e. The maximum Gasteiger partial charge on any atom is 0.254 e. The molecule has 8 nitrogen and oxygen atoms in total. The molecule has 3 aromatic rings. The second-order valence-corrected chi connectivity index (χ2v) is 8.39. The lowest BCUT2D eigenvalue weighted by atomic mass is 9.89. The highest BCUT2D eigenvalue weighted by Crippen LogP contribution is 2.45. The van der Waals surface area contributed by atoms with Crippen LogP contribution < -0.4 is 15.4 Å². The minimum absolute atomic E-state index is 0.0961. The van der Waals surface area contributed by atoms with Gasteiger partial charge >= 0.3 is 0 Å². The average molecular weight is 418 g/mol. The molecule has 0 spiro atoms. The molecular weight excluding hydrogens is 396 g/mol. The van der Waals surface area contributed by atoms with Crippen LogP contribution in [0.4, 0.5) is 0 Å². The van der Waals surface area contributed by atoms with Crippen molar-refractivity contribution < 1.29 is 19.1 Å². The molecule has 2 amide bonds. The number of fused-ring (bicyclic) bond motifs is 3. The number of amides is 2. The van der Waals surface area contributed by atoms with Crippen LogP contribution in [-0.4, -0.2) is 54.7 Å². The fourth-order valence-corrected chi connectivity index (χ4v) is 4.99. The molecule has 1 saturated carbocycles. The van der Waals surface area contributed by atoms with Gasteiger partial charge in [-0.3, -0.25) is 9.59 Å². The normalized spacial score (nSPS) is 25.6. The van der Waals surface area contributed by atoms with E-state index in [1.807, 2.05) is 24.4 Å². The summed E-state index contributed by atoms with van der Waals surface area (Å²) < 4.78 is 11.4. The van der Waals surface area contributed by atoms with Crippen LogP contribution in [0.25, 0.3) is 11.0 Å². The molecule has 0 bridgehead atoms. The van der Waals surface area contributed by atoms with Crippen molar-refractivity contribution in [3.8, 4) is 5.75 Å². The zero-order valence-electron chi connectivity index (χ0n) is 17.0. The van der Waals surface area contributed by atoms with Gasteiger partial charge in [0.15, 0.2) is 0 Å². The maximum absolute atomic E-state index is 13.1. The molecule has 0 radical (unpaired) electrons. The lowest BCUT2D eigenvalue weighted by Gasteiger charge is -2.14. The number of benzene rings is 1. The molecule has 2 aliphatic heterocycles. The van der Waals surface area contributed by atoms with Crippen molar-refractivity contribution >= 4 is 22.8 Å². The number of carbonyl (C=O) groups is 2. The highest BCUT2D eigenvalue weighted by Gasteiger charge is 2.54. The lowest BCUT2D eigenvalue weighted by Crippen LogP contribution is -2.30. The van der Waals surface area contributed by atoms with E-state index >= 15 is 0 Å². The molecule has 158 valence electrons. The molecule has 4 heterocycles. The first-order valence-corrected chi connectivity index (χ1v) is 10.5. The number of pyridine rings is 1. The first kappa shape index (κ1) is 18.4. The molecular formula is C23H22N4O4. The van der Waals surface area contributed by atoms with E-state index in [-0.39, 0.29) is 23.8 Å². The summed E-state index contributed by atoms with van der Waals surface area (Å²) in [6, 6.07) is 7.60. The zero-order valence-corrected chi connectivity index (χ0v) is 17.0. The number of hydrogen-bond acceptors (Lipinski definition) is 5. The first-order valence-electron chi connectivity index (χ1n) is 10.5. The van der Waals surface area contributed by atoms with E-state index in [1.165, 1.54) is 0 Å². The van der Waals surface area contributed by atoms with E-state index in [4.69, 9.17) is 9.47 Å². The van der Waals surface area contributed by atoms with Crippen LogP contribution in [0.2, 0.25) is 0 Å². The van der Waals surface area contributed by atoms with Crippen molar-refractivity contribution in [1.82, 2.24) is 20.6 Å². The third-order valence-electron chi connectivity index (χ3n) is 6.74. The summed E-state index contributed by atoms with van der Waals surface area (Å²) in [5, 5.41) is 6.79. The standard InChI is InChI=1S/C23H22N4O4/c1-24-23(29)15-7-11(22(28)27-19-17-8-30-9-18(17)19)6-14-16(10-31-20(14)15)12-2-4-25-21-13(12)3-5-26-21/h2-7,16-19H,8-10H2,1H3,(H,24,29)(H,25,26)(H,27,28). The van der Waals surface area contributed by atoms with Gasteiger partial charge in [0.1, 0.15) is 11.4 Å². The summed E-state index contributed by atoms with van der Waals surface area (Å²) in [5.74, 6) is 0.821. The van der Waals surface area contributed by atoms with Gasteiger partial charge in [-0.25, -0.2) is 4.98 Å². The fraction of sp³-hybridized carbons (Fsp3) is 0.348. The van der Waals surface area contributed by atoms with Gasteiger partial charge in [0.25, 0.3) is 11.8 Å². The number of H-pyrrole nitrogens is 1. The molecule has 2 aromatic heterocycles. The highest BCUT2D eigenvalue weighted by molar-refractivity contribution is 6.02. The Morgan fingerprint density at radius 3 is 2.74 bits per heavy atom. The van der Waals surface area contributed by atoms with E-state index in [0.29, 0.717) is 48.5 Å². The third-order valence-corrected chi connectivity index (χ3v) is 6.74. The van der Waals surface area contributed by atoms with E-state index in [9.17, 15) is 9.59 Å². The minimum Gasteiger partial charge on any atom is -0.491 e. The fourth-order valence-electron chi connectivity index (χ4n) is 4.99. The molecule has 1 aliphatic carbocycles. The Kier molecular flexibility index (Phi) is 4.04. The largest absolute Gasteiger partial charge is 0.491 e. The molecule has 3 N–H and O–H groups in total. The number of nitrogens with zero attached hydrogens (tertiary/aromatic N) is 1. The zero-order chi connectivity index (χ0) is 21.1. The number of aromatic amines is 1. The van der Waals surface area contributed by atoms with Crippen LogP contribution in [0.15, 0.2) is 36.7 Å². The van der Waals surface area contributed by atoms with Crippen molar-refractivity contribution in [2.75, 3.05) is 26.9 Å². The van der Waals surface area contributed by atoms with Crippen LogP contribution in [-0.2, 0) is 4.74 Å². The molecule has 6 rings (SSSR count). The summed E-state index contributed by atoms with van der Waals surface area (Å²) in [7, 11) is 1.57. The van der Waals surface area contributed by atoms with Gasteiger partial charge < -0.3 is 25.1 Å². The van der Waals surface area contributed by atoms with Crippen LogP contribution in [0, 0.1) is 11.8 Å². The van der Waals surface area contributed by atoms with E-state index in [1.54, 1.807) is 19.3 Å². The van der Waals surface area contributed by atoms with Gasteiger partial charge in [-0.15, -0.1) is 0 Å². The Hall–Kier alpha value is -3.39. The van der Waals surface area contributed by atoms with Crippen LogP contribution >= 0.6 is 0 Å². The highest BCUT2D eigenvalue weighted by atomic mass is 16.5. The molecule has 3 aliphatic rings. The van der Waals surface area contributed by atoms with Crippen LogP contribution in [0.3, 0.4) is 0 Å². The number of hydrogen-bond donors (Lipinski definition) is 3. The van der Waals surface area contributed by atoms with Gasteiger partial charge in [0.2, 0.25) is 0 Å².